The highest BCUT2D eigenvalue weighted by Gasteiger charge is 2.30. The molecule has 21 heavy (non-hydrogen) atoms. The average Bonchev–Trinajstić information content (AvgIpc) is 2.94. The van der Waals surface area contributed by atoms with E-state index in [1.54, 1.807) is 0 Å². The minimum absolute atomic E-state index is 0.0698. The maximum Gasteiger partial charge on any atom is 0.270 e. The molecule has 1 aliphatic heterocycles. The molecule has 8 nitrogen and oxygen atoms in total. The highest BCUT2D eigenvalue weighted by Crippen LogP contribution is 2.25. The van der Waals surface area contributed by atoms with Gasteiger partial charge in [0.25, 0.3) is 5.69 Å². The minimum atomic E-state index is -3.76. The predicted molar refractivity (Wildman–Crippen MR) is 73.0 cm³/mol. The molecular weight excluding hydrogens is 296 g/mol. The molecule has 2 aromatic rings. The van der Waals surface area contributed by atoms with E-state index in [4.69, 9.17) is 0 Å². The van der Waals surface area contributed by atoms with Gasteiger partial charge in [0.2, 0.25) is 10.0 Å². The van der Waals surface area contributed by atoms with Crippen LogP contribution in [0.5, 0.6) is 0 Å². The number of nitrogens with one attached hydrogen (secondary N) is 1. The third-order valence-electron chi connectivity index (χ3n) is 3.41. The Morgan fingerprint density at radius 3 is 2.95 bits per heavy atom. The Labute approximate surface area is 120 Å². The first-order chi connectivity index (χ1) is 9.98. The Morgan fingerprint density at radius 1 is 1.38 bits per heavy atom. The van der Waals surface area contributed by atoms with Crippen LogP contribution in [0.15, 0.2) is 35.5 Å². The molecule has 1 aliphatic rings. The van der Waals surface area contributed by atoms with Crippen LogP contribution in [0.2, 0.25) is 0 Å². The van der Waals surface area contributed by atoms with Gasteiger partial charge in [0.05, 0.1) is 34.1 Å². The van der Waals surface area contributed by atoms with E-state index in [1.807, 2.05) is 0 Å². The molecule has 0 saturated heterocycles. The molecule has 0 radical (unpaired) electrons. The molecule has 1 aromatic carbocycles. The molecule has 110 valence electrons. The van der Waals surface area contributed by atoms with Crippen molar-refractivity contribution in [2.24, 2.45) is 0 Å². The van der Waals surface area contributed by atoms with Crippen molar-refractivity contribution in [2.45, 2.75) is 17.9 Å². The van der Waals surface area contributed by atoms with Gasteiger partial charge in [0.1, 0.15) is 0 Å². The number of nitro groups is 1. The van der Waals surface area contributed by atoms with E-state index in [1.165, 1.54) is 28.8 Å². The zero-order valence-electron chi connectivity index (χ0n) is 10.9. The number of non-ortho nitro benzene ring substituents is 1. The minimum Gasteiger partial charge on any atom is -0.347 e. The Balaban J connectivity index is 1.94. The van der Waals surface area contributed by atoms with Crippen molar-refractivity contribution in [3.63, 3.8) is 0 Å². The number of rotatable bonds is 3. The van der Waals surface area contributed by atoms with Gasteiger partial charge in [-0.3, -0.25) is 10.1 Å². The first-order valence-electron chi connectivity index (χ1n) is 6.24. The first-order valence-corrected chi connectivity index (χ1v) is 7.68. The smallest absolute Gasteiger partial charge is 0.270 e. The Bertz CT molecular complexity index is 799. The third-order valence-corrected chi connectivity index (χ3v) is 5.25. The first kappa shape index (κ1) is 13.7. The molecule has 0 unspecified atom stereocenters. The maximum absolute atomic E-state index is 12.6. The molecule has 0 bridgehead atoms. The van der Waals surface area contributed by atoms with Crippen LogP contribution in [0.3, 0.4) is 0 Å². The largest absolute Gasteiger partial charge is 0.347 e. The van der Waals surface area contributed by atoms with Crippen molar-refractivity contribution in [3.8, 4) is 0 Å². The summed E-state index contributed by atoms with van der Waals surface area (Å²) in [6.07, 6.45) is 2.06. The number of aromatic nitrogens is 2. The lowest BCUT2D eigenvalue weighted by atomic mass is 10.2. The summed E-state index contributed by atoms with van der Waals surface area (Å²) in [5.74, 6) is 0. The van der Waals surface area contributed by atoms with Gasteiger partial charge in [-0.15, -0.1) is 0 Å². The van der Waals surface area contributed by atoms with Crippen molar-refractivity contribution in [1.82, 2.24) is 14.3 Å². The molecule has 1 aromatic heterocycles. The zero-order chi connectivity index (χ0) is 15.0. The number of nitrogens with zero attached hydrogens (tertiary/aromatic N) is 3. The van der Waals surface area contributed by atoms with Crippen LogP contribution in [0.1, 0.15) is 11.4 Å². The van der Waals surface area contributed by atoms with Gasteiger partial charge in [-0.1, -0.05) is 6.07 Å². The topological polar surface area (TPSA) is 109 Å². The number of hydrogen-bond acceptors (Lipinski definition) is 5. The summed E-state index contributed by atoms with van der Waals surface area (Å²) >= 11 is 0. The molecule has 1 N–H and O–H groups in total. The van der Waals surface area contributed by atoms with E-state index in [9.17, 15) is 18.5 Å². The van der Waals surface area contributed by atoms with Gasteiger partial charge < -0.3 is 4.98 Å². The van der Waals surface area contributed by atoms with E-state index in [-0.39, 0.29) is 17.1 Å². The Kier molecular flexibility index (Phi) is 3.22. The van der Waals surface area contributed by atoms with Gasteiger partial charge in [0, 0.05) is 25.1 Å². The van der Waals surface area contributed by atoms with Gasteiger partial charge in [-0.2, -0.15) is 4.31 Å². The summed E-state index contributed by atoms with van der Waals surface area (Å²) in [7, 11) is -3.76. The summed E-state index contributed by atoms with van der Waals surface area (Å²) in [5.41, 5.74) is 1.38. The second kappa shape index (κ2) is 4.93. The quantitative estimate of drug-likeness (QED) is 0.673. The molecule has 2 heterocycles. The Morgan fingerprint density at radius 2 is 2.19 bits per heavy atom. The molecule has 0 saturated carbocycles. The summed E-state index contributed by atoms with van der Waals surface area (Å²) < 4.78 is 26.4. The van der Waals surface area contributed by atoms with E-state index in [0.29, 0.717) is 13.0 Å². The maximum atomic E-state index is 12.6. The molecule has 3 rings (SSSR count). The van der Waals surface area contributed by atoms with Crippen LogP contribution in [-0.2, 0) is 23.0 Å². The lowest BCUT2D eigenvalue weighted by Gasteiger charge is -2.25. The van der Waals surface area contributed by atoms with Crippen LogP contribution >= 0.6 is 0 Å². The fourth-order valence-corrected chi connectivity index (χ4v) is 3.75. The third kappa shape index (κ3) is 2.41. The average molecular weight is 308 g/mol. The number of hydrogen-bond donors (Lipinski definition) is 1. The standard InChI is InChI=1S/C12H12N4O4S/c17-16(18)9-2-1-3-10(6-9)21(19,20)15-5-4-11-12(7-15)14-8-13-11/h1-3,6,8H,4-5,7H2,(H,13,14). The van der Waals surface area contributed by atoms with Crippen molar-refractivity contribution in [3.05, 3.63) is 52.1 Å². The summed E-state index contributed by atoms with van der Waals surface area (Å²) in [6, 6.07) is 5.08. The Hall–Kier alpha value is -2.26. The summed E-state index contributed by atoms with van der Waals surface area (Å²) in [5, 5.41) is 10.8. The lowest BCUT2D eigenvalue weighted by Crippen LogP contribution is -2.36. The van der Waals surface area contributed by atoms with Crippen LogP contribution < -0.4 is 0 Å². The van der Waals surface area contributed by atoms with Crippen molar-refractivity contribution in [2.75, 3.05) is 6.54 Å². The highest BCUT2D eigenvalue weighted by atomic mass is 32.2. The van der Waals surface area contributed by atoms with E-state index >= 15 is 0 Å². The number of H-pyrrole nitrogens is 1. The molecule has 0 aliphatic carbocycles. The fourth-order valence-electron chi connectivity index (χ4n) is 2.30. The van der Waals surface area contributed by atoms with Gasteiger partial charge in [0.15, 0.2) is 0 Å². The number of fused-ring (bicyclic) bond motifs is 1. The number of benzene rings is 1. The lowest BCUT2D eigenvalue weighted by molar-refractivity contribution is -0.385. The molecule has 0 spiro atoms. The van der Waals surface area contributed by atoms with E-state index < -0.39 is 14.9 Å². The number of imidazole rings is 1. The number of aromatic amines is 1. The van der Waals surface area contributed by atoms with Crippen molar-refractivity contribution >= 4 is 15.7 Å². The van der Waals surface area contributed by atoms with Crippen molar-refractivity contribution < 1.29 is 13.3 Å². The second-order valence-corrected chi connectivity index (χ2v) is 6.61. The van der Waals surface area contributed by atoms with Gasteiger partial charge >= 0.3 is 0 Å². The van der Waals surface area contributed by atoms with E-state index in [0.717, 1.165) is 17.5 Å². The van der Waals surface area contributed by atoms with Crippen LogP contribution in [0.25, 0.3) is 0 Å². The highest BCUT2D eigenvalue weighted by molar-refractivity contribution is 7.89. The van der Waals surface area contributed by atoms with Gasteiger partial charge in [-0.25, -0.2) is 13.4 Å². The monoisotopic (exact) mass is 308 g/mol. The van der Waals surface area contributed by atoms with E-state index in [2.05, 4.69) is 9.97 Å². The predicted octanol–water partition coefficient (Wildman–Crippen LogP) is 1.06. The van der Waals surface area contributed by atoms with Crippen LogP contribution in [0.4, 0.5) is 5.69 Å². The SMILES string of the molecule is O=[N+]([O-])c1cccc(S(=O)(=O)N2CCc3nc[nH]c3C2)c1. The molecular formula is C12H12N4O4S. The number of nitro benzene ring substituents is 1. The normalized spacial score (nSPS) is 15.6. The molecule has 0 atom stereocenters. The molecule has 0 fully saturated rings. The van der Waals surface area contributed by atoms with Crippen LogP contribution in [-0.4, -0.2) is 34.2 Å². The number of sulfonamides is 1. The molecule has 0 amide bonds. The second-order valence-electron chi connectivity index (χ2n) is 4.67. The van der Waals surface area contributed by atoms with Crippen molar-refractivity contribution in [1.29, 1.82) is 0 Å². The molecule has 9 heteroatoms. The van der Waals surface area contributed by atoms with Crippen LogP contribution in [0, 0.1) is 10.1 Å². The van der Waals surface area contributed by atoms with Gasteiger partial charge in [-0.05, 0) is 6.07 Å². The summed E-state index contributed by atoms with van der Waals surface area (Å²) in [6.45, 7) is 0.503. The summed E-state index contributed by atoms with van der Waals surface area (Å²) in [4.78, 5) is 17.1. The zero-order valence-corrected chi connectivity index (χ0v) is 11.7. The fraction of sp³-hybridized carbons (Fsp3) is 0.250.